The first-order valence-electron chi connectivity index (χ1n) is 6.57. The highest BCUT2D eigenvalue weighted by molar-refractivity contribution is 5.32. The predicted molar refractivity (Wildman–Crippen MR) is 73.1 cm³/mol. The summed E-state index contributed by atoms with van der Waals surface area (Å²) in [4.78, 5) is 4.81. The molecule has 0 bridgehead atoms. The molecular weight excluding hydrogens is 222 g/mol. The Kier molecular flexibility index (Phi) is 4.35. The molecule has 0 radical (unpaired) electrons. The molecule has 0 aliphatic carbocycles. The fourth-order valence-corrected chi connectivity index (χ4v) is 2.66. The van der Waals surface area contributed by atoms with Crippen LogP contribution in [0.15, 0.2) is 24.3 Å². The third kappa shape index (κ3) is 3.32. The Bertz CT molecular complexity index is 436. The number of nitrogens with zero attached hydrogens (tertiary/aromatic N) is 3. The Morgan fingerprint density at radius 3 is 3.06 bits per heavy atom. The smallest absolute Gasteiger partial charge is 0.0991 e. The summed E-state index contributed by atoms with van der Waals surface area (Å²) >= 11 is 0. The number of benzene rings is 1. The monoisotopic (exact) mass is 243 g/mol. The lowest BCUT2D eigenvalue weighted by Crippen LogP contribution is -2.44. The van der Waals surface area contributed by atoms with Gasteiger partial charge in [-0.25, -0.2) is 0 Å². The van der Waals surface area contributed by atoms with Crippen molar-refractivity contribution in [2.24, 2.45) is 0 Å². The Balaban J connectivity index is 1.97. The van der Waals surface area contributed by atoms with Crippen LogP contribution in [0.3, 0.4) is 0 Å². The highest BCUT2D eigenvalue weighted by Crippen LogP contribution is 2.16. The first-order chi connectivity index (χ1) is 8.69. The highest BCUT2D eigenvalue weighted by atomic mass is 15.2. The fraction of sp³-hybridized carbons (Fsp3) is 0.533. The van der Waals surface area contributed by atoms with Crippen LogP contribution in [0.25, 0.3) is 0 Å². The number of piperidine rings is 1. The van der Waals surface area contributed by atoms with Gasteiger partial charge in [0.15, 0.2) is 0 Å². The van der Waals surface area contributed by atoms with E-state index in [1.807, 2.05) is 18.2 Å². The van der Waals surface area contributed by atoms with Gasteiger partial charge in [0.25, 0.3) is 0 Å². The second-order valence-electron chi connectivity index (χ2n) is 5.29. The van der Waals surface area contributed by atoms with Crippen molar-refractivity contribution >= 4 is 0 Å². The summed E-state index contributed by atoms with van der Waals surface area (Å²) < 4.78 is 0. The van der Waals surface area contributed by atoms with Crippen molar-refractivity contribution in [1.29, 1.82) is 5.26 Å². The molecule has 96 valence electrons. The van der Waals surface area contributed by atoms with Crippen molar-refractivity contribution in [3.8, 4) is 6.07 Å². The average molecular weight is 243 g/mol. The summed E-state index contributed by atoms with van der Waals surface area (Å²) in [6.45, 7) is 3.29. The molecule has 1 aliphatic rings. The van der Waals surface area contributed by atoms with Crippen molar-refractivity contribution in [3.05, 3.63) is 35.4 Å². The van der Waals surface area contributed by atoms with Crippen LogP contribution in [-0.4, -0.2) is 43.0 Å². The van der Waals surface area contributed by atoms with Crippen molar-refractivity contribution in [2.75, 3.05) is 27.2 Å². The van der Waals surface area contributed by atoms with E-state index in [0.717, 1.165) is 18.7 Å². The van der Waals surface area contributed by atoms with Gasteiger partial charge in [0, 0.05) is 19.1 Å². The summed E-state index contributed by atoms with van der Waals surface area (Å²) in [6, 6.07) is 10.8. The molecule has 0 amide bonds. The first-order valence-corrected chi connectivity index (χ1v) is 6.57. The molecule has 0 aromatic heterocycles. The summed E-state index contributed by atoms with van der Waals surface area (Å²) in [7, 11) is 4.37. The summed E-state index contributed by atoms with van der Waals surface area (Å²) in [5.74, 6) is 0. The van der Waals surface area contributed by atoms with E-state index in [-0.39, 0.29) is 0 Å². The lowest BCUT2D eigenvalue weighted by atomic mass is 10.0. The van der Waals surface area contributed by atoms with Crippen LogP contribution in [0, 0.1) is 11.3 Å². The van der Waals surface area contributed by atoms with Gasteiger partial charge in [-0.05, 0) is 51.2 Å². The average Bonchev–Trinajstić information content (AvgIpc) is 2.39. The van der Waals surface area contributed by atoms with Crippen LogP contribution < -0.4 is 0 Å². The van der Waals surface area contributed by atoms with Crippen LogP contribution in [0.5, 0.6) is 0 Å². The molecule has 2 rings (SSSR count). The van der Waals surface area contributed by atoms with Crippen LogP contribution in [0.4, 0.5) is 0 Å². The summed E-state index contributed by atoms with van der Waals surface area (Å²) in [5.41, 5.74) is 1.98. The largest absolute Gasteiger partial charge is 0.305 e. The van der Waals surface area contributed by atoms with E-state index in [1.54, 1.807) is 0 Å². The van der Waals surface area contributed by atoms with Crippen molar-refractivity contribution in [3.63, 3.8) is 0 Å². The molecule has 1 aromatic carbocycles. The molecule has 1 atom stereocenters. The van der Waals surface area contributed by atoms with E-state index >= 15 is 0 Å². The summed E-state index contributed by atoms with van der Waals surface area (Å²) in [5, 5.41) is 8.91. The van der Waals surface area contributed by atoms with Crippen molar-refractivity contribution in [1.82, 2.24) is 9.80 Å². The zero-order valence-electron chi connectivity index (χ0n) is 11.3. The topological polar surface area (TPSA) is 30.3 Å². The Morgan fingerprint density at radius 2 is 2.33 bits per heavy atom. The van der Waals surface area contributed by atoms with Gasteiger partial charge in [0.2, 0.25) is 0 Å². The molecule has 0 N–H and O–H groups in total. The maximum Gasteiger partial charge on any atom is 0.0991 e. The third-order valence-corrected chi connectivity index (χ3v) is 3.71. The van der Waals surface area contributed by atoms with E-state index in [4.69, 9.17) is 5.26 Å². The number of rotatable bonds is 3. The van der Waals surface area contributed by atoms with Gasteiger partial charge in [-0.3, -0.25) is 4.90 Å². The normalized spacial score (nSPS) is 20.9. The Labute approximate surface area is 110 Å². The lowest BCUT2D eigenvalue weighted by Gasteiger charge is -2.35. The molecule has 3 nitrogen and oxygen atoms in total. The number of likely N-dealkylation sites (tertiary alicyclic amines) is 1. The quantitative estimate of drug-likeness (QED) is 0.814. The van der Waals surface area contributed by atoms with E-state index in [0.29, 0.717) is 6.04 Å². The minimum absolute atomic E-state index is 0.634. The minimum atomic E-state index is 0.634. The number of hydrogen-bond donors (Lipinski definition) is 0. The highest BCUT2D eigenvalue weighted by Gasteiger charge is 2.20. The minimum Gasteiger partial charge on any atom is -0.305 e. The molecule has 1 unspecified atom stereocenters. The van der Waals surface area contributed by atoms with E-state index in [1.165, 1.54) is 24.9 Å². The van der Waals surface area contributed by atoms with Gasteiger partial charge >= 0.3 is 0 Å². The molecule has 0 spiro atoms. The van der Waals surface area contributed by atoms with Gasteiger partial charge in [-0.2, -0.15) is 5.26 Å². The van der Waals surface area contributed by atoms with Crippen molar-refractivity contribution < 1.29 is 0 Å². The standard InChI is InChI=1S/C15H21N3/c1-17-8-4-7-15(12-17)18(2)11-14-6-3-5-13(9-14)10-16/h3,5-6,9,15H,4,7-8,11-12H2,1-2H3. The zero-order valence-corrected chi connectivity index (χ0v) is 11.3. The van der Waals surface area contributed by atoms with Gasteiger partial charge in [0.05, 0.1) is 11.6 Å². The molecular formula is C15H21N3. The maximum atomic E-state index is 8.91. The van der Waals surface area contributed by atoms with Crippen LogP contribution in [0.2, 0.25) is 0 Å². The van der Waals surface area contributed by atoms with Gasteiger partial charge < -0.3 is 4.90 Å². The van der Waals surface area contributed by atoms with E-state index in [2.05, 4.69) is 36.0 Å². The second kappa shape index (κ2) is 5.99. The molecule has 1 aliphatic heterocycles. The van der Waals surface area contributed by atoms with Gasteiger partial charge in [-0.1, -0.05) is 12.1 Å². The third-order valence-electron chi connectivity index (χ3n) is 3.71. The van der Waals surface area contributed by atoms with Gasteiger partial charge in [-0.15, -0.1) is 0 Å². The van der Waals surface area contributed by atoms with E-state index in [9.17, 15) is 0 Å². The van der Waals surface area contributed by atoms with Crippen LogP contribution >= 0.6 is 0 Å². The van der Waals surface area contributed by atoms with Crippen molar-refractivity contribution in [2.45, 2.75) is 25.4 Å². The molecule has 3 heteroatoms. The number of nitriles is 1. The van der Waals surface area contributed by atoms with Gasteiger partial charge in [0.1, 0.15) is 0 Å². The maximum absolute atomic E-state index is 8.91. The number of likely N-dealkylation sites (N-methyl/N-ethyl adjacent to an activating group) is 2. The summed E-state index contributed by atoms with van der Waals surface area (Å²) in [6.07, 6.45) is 2.56. The zero-order chi connectivity index (χ0) is 13.0. The predicted octanol–water partition coefficient (Wildman–Crippen LogP) is 2.08. The Morgan fingerprint density at radius 1 is 1.50 bits per heavy atom. The first kappa shape index (κ1) is 13.1. The van der Waals surface area contributed by atoms with Crippen LogP contribution in [0.1, 0.15) is 24.0 Å². The Hall–Kier alpha value is -1.37. The molecule has 0 saturated carbocycles. The fourth-order valence-electron chi connectivity index (χ4n) is 2.66. The lowest BCUT2D eigenvalue weighted by molar-refractivity contribution is 0.129. The number of hydrogen-bond acceptors (Lipinski definition) is 3. The molecule has 18 heavy (non-hydrogen) atoms. The molecule has 1 aromatic rings. The van der Waals surface area contributed by atoms with Crippen LogP contribution in [-0.2, 0) is 6.54 Å². The molecule has 1 heterocycles. The SMILES string of the molecule is CN1CCCC(N(C)Cc2cccc(C#N)c2)C1. The van der Waals surface area contributed by atoms with E-state index < -0.39 is 0 Å². The second-order valence-corrected chi connectivity index (χ2v) is 5.29. The molecule has 1 saturated heterocycles. The molecule has 1 fully saturated rings.